The first-order valence-corrected chi connectivity index (χ1v) is 10.6. The van der Waals surface area contributed by atoms with E-state index in [-0.39, 0.29) is 38.5 Å². The van der Waals surface area contributed by atoms with Gasteiger partial charge in [0, 0.05) is 18.7 Å². The smallest absolute Gasteiger partial charge is 0.338 e. The van der Waals surface area contributed by atoms with Gasteiger partial charge >= 0.3 is 5.97 Å². The summed E-state index contributed by atoms with van der Waals surface area (Å²) in [4.78, 5) is 11.9. The van der Waals surface area contributed by atoms with E-state index in [2.05, 4.69) is 0 Å². The summed E-state index contributed by atoms with van der Waals surface area (Å²) in [5.41, 5.74) is 0.623. The van der Waals surface area contributed by atoms with Gasteiger partial charge in [-0.3, -0.25) is 0 Å². The van der Waals surface area contributed by atoms with Crippen molar-refractivity contribution in [2.24, 2.45) is 0 Å². The fraction of sp³-hybridized carbons (Fsp3) is 0.350. The second kappa shape index (κ2) is 9.34. The predicted octanol–water partition coefficient (Wildman–Crippen LogP) is 2.60. The van der Waals surface area contributed by atoms with Crippen LogP contribution >= 0.6 is 0 Å². The average molecular weight is 423 g/mol. The lowest BCUT2D eigenvalue weighted by Crippen LogP contribution is -2.41. The fourth-order valence-electron chi connectivity index (χ4n) is 2.90. The molecule has 0 spiro atoms. The lowest BCUT2D eigenvalue weighted by Gasteiger charge is -2.26. The first kappa shape index (κ1) is 21.2. The molecule has 1 heterocycles. The fourth-order valence-corrected chi connectivity index (χ4v) is 4.40. The molecule has 0 N–H and O–H groups in total. The van der Waals surface area contributed by atoms with Gasteiger partial charge in [-0.1, -0.05) is 18.2 Å². The summed E-state index contributed by atoms with van der Waals surface area (Å²) in [6.45, 7) is 2.99. The van der Waals surface area contributed by atoms with Crippen molar-refractivity contribution in [3.8, 4) is 5.75 Å². The number of carbonyl (C=O) groups is 1. The molecule has 0 aliphatic carbocycles. The zero-order chi connectivity index (χ0) is 20.9. The van der Waals surface area contributed by atoms with Crippen molar-refractivity contribution in [1.29, 1.82) is 0 Å². The van der Waals surface area contributed by atoms with E-state index in [1.54, 1.807) is 24.3 Å². The molecular formula is C20H22FNO6S. The highest BCUT2D eigenvalue weighted by Crippen LogP contribution is 2.23. The molecule has 29 heavy (non-hydrogen) atoms. The van der Waals surface area contributed by atoms with Gasteiger partial charge in [-0.2, -0.15) is 4.31 Å². The number of morpholine rings is 1. The van der Waals surface area contributed by atoms with Crippen LogP contribution in [-0.4, -0.2) is 51.6 Å². The zero-order valence-corrected chi connectivity index (χ0v) is 16.8. The number of para-hydroxylation sites is 1. The molecule has 0 bridgehead atoms. The van der Waals surface area contributed by atoms with Gasteiger partial charge in [0.2, 0.25) is 10.0 Å². The number of hydrogen-bond donors (Lipinski definition) is 0. The Balaban J connectivity index is 1.78. The molecule has 9 heteroatoms. The molecule has 2 aromatic carbocycles. The normalized spacial score (nSPS) is 15.1. The third-order valence-corrected chi connectivity index (χ3v) is 6.30. The number of benzene rings is 2. The van der Waals surface area contributed by atoms with Crippen molar-refractivity contribution >= 4 is 16.0 Å². The number of sulfonamides is 1. The molecule has 7 nitrogen and oxygen atoms in total. The van der Waals surface area contributed by atoms with Crippen LogP contribution in [0.4, 0.5) is 4.39 Å². The third-order valence-electron chi connectivity index (χ3n) is 4.39. The van der Waals surface area contributed by atoms with E-state index in [1.165, 1.54) is 6.07 Å². The first-order valence-electron chi connectivity index (χ1n) is 9.18. The second-order valence-electron chi connectivity index (χ2n) is 6.28. The first-order chi connectivity index (χ1) is 13.9. The van der Waals surface area contributed by atoms with Crippen molar-refractivity contribution in [2.75, 3.05) is 32.9 Å². The lowest BCUT2D eigenvalue weighted by molar-refractivity contribution is 0.0469. The Bertz CT molecular complexity index is 973. The minimum atomic E-state index is -4.08. The van der Waals surface area contributed by atoms with E-state index in [9.17, 15) is 17.6 Å². The molecule has 0 saturated carbocycles. The Hall–Kier alpha value is -2.49. The minimum Gasteiger partial charge on any atom is -0.493 e. The van der Waals surface area contributed by atoms with Gasteiger partial charge in [0.25, 0.3) is 0 Å². The highest BCUT2D eigenvalue weighted by atomic mass is 32.2. The predicted molar refractivity (Wildman–Crippen MR) is 103 cm³/mol. The van der Waals surface area contributed by atoms with Crippen molar-refractivity contribution in [1.82, 2.24) is 4.31 Å². The molecular weight excluding hydrogens is 401 g/mol. The molecule has 0 aromatic heterocycles. The van der Waals surface area contributed by atoms with E-state index in [4.69, 9.17) is 14.2 Å². The Morgan fingerprint density at radius 2 is 1.90 bits per heavy atom. The lowest BCUT2D eigenvalue weighted by atomic mass is 10.2. The maximum atomic E-state index is 14.3. The van der Waals surface area contributed by atoms with Gasteiger partial charge in [-0.05, 0) is 31.2 Å². The Morgan fingerprint density at radius 1 is 1.17 bits per heavy atom. The summed E-state index contributed by atoms with van der Waals surface area (Å²) >= 11 is 0. The Morgan fingerprint density at radius 3 is 2.62 bits per heavy atom. The standard InChI is InChI=1S/C20H22FNO6S/c1-2-27-18-6-4-3-5-16(18)14-28-20(23)15-7-8-17(21)19(13-15)29(24,25)22-9-11-26-12-10-22/h3-8,13H,2,9-12,14H2,1H3. The third kappa shape index (κ3) is 4.92. The number of ether oxygens (including phenoxy) is 3. The SMILES string of the molecule is CCOc1ccccc1COC(=O)c1ccc(F)c(S(=O)(=O)N2CCOCC2)c1. The summed E-state index contributed by atoms with van der Waals surface area (Å²) in [6.07, 6.45) is 0. The molecule has 1 aliphatic rings. The van der Waals surface area contributed by atoms with Crippen LogP contribution in [0.15, 0.2) is 47.4 Å². The monoisotopic (exact) mass is 423 g/mol. The molecule has 3 rings (SSSR count). The number of hydrogen-bond acceptors (Lipinski definition) is 6. The number of rotatable bonds is 7. The van der Waals surface area contributed by atoms with Crippen LogP contribution in [-0.2, 0) is 26.1 Å². The quantitative estimate of drug-likeness (QED) is 0.637. The van der Waals surface area contributed by atoms with Gasteiger partial charge in [0.15, 0.2) is 0 Å². The Labute approximate surface area is 169 Å². The maximum absolute atomic E-state index is 14.3. The van der Waals surface area contributed by atoms with Crippen molar-refractivity contribution in [2.45, 2.75) is 18.4 Å². The summed E-state index contributed by atoms with van der Waals surface area (Å²) in [6, 6.07) is 10.3. The summed E-state index contributed by atoms with van der Waals surface area (Å²) < 4.78 is 56.8. The molecule has 2 aromatic rings. The van der Waals surface area contributed by atoms with Crippen molar-refractivity contribution in [3.05, 3.63) is 59.4 Å². The molecule has 0 unspecified atom stereocenters. The van der Waals surface area contributed by atoms with Gasteiger partial charge < -0.3 is 14.2 Å². The average Bonchev–Trinajstić information content (AvgIpc) is 2.74. The summed E-state index contributed by atoms with van der Waals surface area (Å²) in [7, 11) is -4.08. The maximum Gasteiger partial charge on any atom is 0.338 e. The van der Waals surface area contributed by atoms with E-state index in [1.807, 2.05) is 6.92 Å². The second-order valence-corrected chi connectivity index (χ2v) is 8.18. The van der Waals surface area contributed by atoms with Gasteiger partial charge in [-0.15, -0.1) is 0 Å². The van der Waals surface area contributed by atoms with Crippen LogP contribution in [0.1, 0.15) is 22.8 Å². The minimum absolute atomic E-state index is 0.0490. The van der Waals surface area contributed by atoms with Crippen LogP contribution in [0.3, 0.4) is 0 Å². The van der Waals surface area contributed by atoms with Crippen LogP contribution in [0.5, 0.6) is 5.75 Å². The van der Waals surface area contributed by atoms with Gasteiger partial charge in [0.05, 0.1) is 25.4 Å². The van der Waals surface area contributed by atoms with E-state index >= 15 is 0 Å². The van der Waals surface area contributed by atoms with Gasteiger partial charge in [-0.25, -0.2) is 17.6 Å². The van der Waals surface area contributed by atoms with E-state index < -0.39 is 26.7 Å². The van der Waals surface area contributed by atoms with Crippen LogP contribution in [0.25, 0.3) is 0 Å². The number of esters is 1. The van der Waals surface area contributed by atoms with Crippen LogP contribution in [0, 0.1) is 5.82 Å². The molecule has 0 amide bonds. The summed E-state index contributed by atoms with van der Waals surface area (Å²) in [5.74, 6) is -1.08. The molecule has 1 fully saturated rings. The number of halogens is 1. The van der Waals surface area contributed by atoms with Crippen LogP contribution in [0.2, 0.25) is 0 Å². The molecule has 1 saturated heterocycles. The molecule has 1 aliphatic heterocycles. The summed E-state index contributed by atoms with van der Waals surface area (Å²) in [5, 5.41) is 0. The van der Waals surface area contributed by atoms with Crippen LogP contribution < -0.4 is 4.74 Å². The molecule has 0 atom stereocenters. The highest BCUT2D eigenvalue weighted by molar-refractivity contribution is 7.89. The molecule has 156 valence electrons. The van der Waals surface area contributed by atoms with Gasteiger partial charge in [0.1, 0.15) is 23.1 Å². The zero-order valence-electron chi connectivity index (χ0n) is 16.0. The number of nitrogens with zero attached hydrogens (tertiary/aromatic N) is 1. The van der Waals surface area contributed by atoms with Crippen molar-refractivity contribution < 1.29 is 31.8 Å². The number of carbonyl (C=O) groups excluding carboxylic acids is 1. The van der Waals surface area contributed by atoms with Crippen molar-refractivity contribution in [3.63, 3.8) is 0 Å². The topological polar surface area (TPSA) is 82.1 Å². The van der Waals surface area contributed by atoms with E-state index in [0.717, 1.165) is 16.4 Å². The Kier molecular flexibility index (Phi) is 6.83. The highest BCUT2D eigenvalue weighted by Gasteiger charge is 2.30. The van der Waals surface area contributed by atoms with E-state index in [0.29, 0.717) is 17.9 Å². The molecule has 0 radical (unpaired) electrons. The largest absolute Gasteiger partial charge is 0.493 e.